The largest absolute Gasteiger partial charge is 0.409 e. The Morgan fingerprint density at radius 1 is 1.35 bits per heavy atom. The van der Waals surface area contributed by atoms with Gasteiger partial charge in [0.25, 0.3) is 0 Å². The van der Waals surface area contributed by atoms with Gasteiger partial charge in [-0.1, -0.05) is 17.3 Å². The third-order valence-electron chi connectivity index (χ3n) is 2.88. The van der Waals surface area contributed by atoms with Crippen molar-refractivity contribution in [1.82, 2.24) is 4.98 Å². The molecule has 20 heavy (non-hydrogen) atoms. The van der Waals surface area contributed by atoms with E-state index in [1.165, 1.54) is 12.1 Å². The van der Waals surface area contributed by atoms with Crippen LogP contribution in [-0.4, -0.2) is 23.1 Å². The lowest BCUT2D eigenvalue weighted by Crippen LogP contribution is -2.23. The quantitative estimate of drug-likeness (QED) is 0.387. The highest BCUT2D eigenvalue weighted by Crippen LogP contribution is 2.19. The molecule has 1 aromatic heterocycles. The zero-order valence-electron chi connectivity index (χ0n) is 11.0. The first-order valence-electron chi connectivity index (χ1n) is 6.00. The predicted octanol–water partition coefficient (Wildman–Crippen LogP) is 1.95. The number of halogens is 1. The van der Waals surface area contributed by atoms with Crippen molar-refractivity contribution in [3.05, 3.63) is 59.7 Å². The van der Waals surface area contributed by atoms with Crippen molar-refractivity contribution in [2.24, 2.45) is 10.9 Å². The van der Waals surface area contributed by atoms with Gasteiger partial charge in [-0.2, -0.15) is 0 Å². The number of oxime groups is 1. The Bertz CT molecular complexity index is 613. The molecule has 6 heteroatoms. The van der Waals surface area contributed by atoms with Crippen LogP contribution >= 0.6 is 0 Å². The Hall–Kier alpha value is -2.63. The van der Waals surface area contributed by atoms with Crippen molar-refractivity contribution in [3.63, 3.8) is 0 Å². The van der Waals surface area contributed by atoms with Gasteiger partial charge in [0.2, 0.25) is 0 Å². The highest BCUT2D eigenvalue weighted by atomic mass is 19.1. The first kappa shape index (κ1) is 13.8. The van der Waals surface area contributed by atoms with E-state index in [1.807, 2.05) is 18.0 Å². The molecular formula is C14H15FN4O. The van der Waals surface area contributed by atoms with Gasteiger partial charge in [0.05, 0.1) is 5.69 Å². The number of anilines is 1. The smallest absolute Gasteiger partial charge is 0.190 e. The molecule has 0 unspecified atom stereocenters. The van der Waals surface area contributed by atoms with E-state index >= 15 is 0 Å². The van der Waals surface area contributed by atoms with Crippen molar-refractivity contribution in [1.29, 1.82) is 0 Å². The van der Waals surface area contributed by atoms with E-state index in [-0.39, 0.29) is 11.7 Å². The lowest BCUT2D eigenvalue weighted by atomic mass is 10.2. The van der Waals surface area contributed by atoms with Gasteiger partial charge in [0, 0.05) is 19.8 Å². The molecule has 3 N–H and O–H groups in total. The molecule has 0 saturated heterocycles. The predicted molar refractivity (Wildman–Crippen MR) is 75.3 cm³/mol. The van der Waals surface area contributed by atoms with Gasteiger partial charge in [0.15, 0.2) is 5.84 Å². The molecular weight excluding hydrogens is 259 g/mol. The molecule has 0 amide bonds. The van der Waals surface area contributed by atoms with Crippen LogP contribution in [0, 0.1) is 5.82 Å². The Labute approximate surface area is 116 Å². The molecule has 0 saturated carbocycles. The maximum atomic E-state index is 12.9. The molecule has 2 aromatic rings. The van der Waals surface area contributed by atoms with Crippen LogP contribution in [-0.2, 0) is 6.54 Å². The molecule has 104 valence electrons. The van der Waals surface area contributed by atoms with Crippen molar-refractivity contribution < 1.29 is 9.60 Å². The first-order chi connectivity index (χ1) is 9.61. The molecule has 1 aromatic carbocycles. The van der Waals surface area contributed by atoms with Gasteiger partial charge < -0.3 is 15.8 Å². The van der Waals surface area contributed by atoms with Crippen molar-refractivity contribution >= 4 is 11.5 Å². The van der Waals surface area contributed by atoms with Crippen molar-refractivity contribution in [2.75, 3.05) is 11.9 Å². The average Bonchev–Trinajstić information content (AvgIpc) is 2.48. The summed E-state index contributed by atoms with van der Waals surface area (Å²) >= 11 is 0. The van der Waals surface area contributed by atoms with Gasteiger partial charge in [0.1, 0.15) is 11.5 Å². The fourth-order valence-electron chi connectivity index (χ4n) is 1.90. The minimum absolute atomic E-state index is 0.0495. The molecule has 0 fully saturated rings. The zero-order valence-corrected chi connectivity index (χ0v) is 11.0. The topological polar surface area (TPSA) is 74.7 Å². The fraction of sp³-hybridized carbons (Fsp3) is 0.143. The molecule has 0 aliphatic rings. The number of nitrogens with two attached hydrogens (primary N) is 1. The van der Waals surface area contributed by atoms with Gasteiger partial charge >= 0.3 is 0 Å². The molecule has 0 atom stereocenters. The first-order valence-corrected chi connectivity index (χ1v) is 6.00. The van der Waals surface area contributed by atoms with E-state index in [2.05, 4.69) is 10.1 Å². The summed E-state index contributed by atoms with van der Waals surface area (Å²) in [5, 5.41) is 11.8. The van der Waals surface area contributed by atoms with Crippen molar-refractivity contribution in [3.8, 4) is 0 Å². The van der Waals surface area contributed by atoms with Gasteiger partial charge in [-0.25, -0.2) is 4.39 Å². The summed E-state index contributed by atoms with van der Waals surface area (Å²) < 4.78 is 12.9. The summed E-state index contributed by atoms with van der Waals surface area (Å²) in [5.41, 5.74) is 7.69. The van der Waals surface area contributed by atoms with Gasteiger partial charge in [-0.15, -0.1) is 0 Å². The van der Waals surface area contributed by atoms with E-state index in [9.17, 15) is 4.39 Å². The average molecular weight is 274 g/mol. The van der Waals surface area contributed by atoms with E-state index in [0.717, 1.165) is 11.3 Å². The van der Waals surface area contributed by atoms with E-state index in [4.69, 9.17) is 10.9 Å². The standard InChI is InChI=1S/C14H15FN4O/c1-19(9-10-4-6-11(15)7-5-10)12-3-2-8-17-13(12)14(16)18-20/h2-8,20H,9H2,1H3,(H2,16,18). The maximum absolute atomic E-state index is 12.9. The highest BCUT2D eigenvalue weighted by Gasteiger charge is 2.12. The summed E-state index contributed by atoms with van der Waals surface area (Å²) in [7, 11) is 1.86. The summed E-state index contributed by atoms with van der Waals surface area (Å²) in [6.07, 6.45) is 1.57. The number of nitrogens with zero attached hydrogens (tertiary/aromatic N) is 3. The second-order valence-corrected chi connectivity index (χ2v) is 4.34. The Balaban J connectivity index is 2.25. The number of rotatable bonds is 4. The summed E-state index contributed by atoms with van der Waals surface area (Å²) in [5.74, 6) is -0.318. The number of hydrogen-bond donors (Lipinski definition) is 2. The van der Waals surface area contributed by atoms with Gasteiger partial charge in [-0.3, -0.25) is 4.98 Å². The van der Waals surface area contributed by atoms with Crippen molar-refractivity contribution in [2.45, 2.75) is 6.54 Å². The van der Waals surface area contributed by atoms with Gasteiger partial charge in [-0.05, 0) is 29.8 Å². The molecule has 0 radical (unpaired) electrons. The number of amidine groups is 1. The molecule has 0 aliphatic carbocycles. The number of pyridine rings is 1. The molecule has 0 spiro atoms. The Morgan fingerprint density at radius 2 is 2.05 bits per heavy atom. The number of hydrogen-bond acceptors (Lipinski definition) is 4. The van der Waals surface area contributed by atoms with Crippen LogP contribution in [0.2, 0.25) is 0 Å². The molecule has 5 nitrogen and oxygen atoms in total. The van der Waals surface area contributed by atoms with Crippen LogP contribution in [0.3, 0.4) is 0 Å². The highest BCUT2D eigenvalue weighted by molar-refractivity contribution is 6.00. The molecule has 2 rings (SSSR count). The number of aromatic nitrogens is 1. The van der Waals surface area contributed by atoms with E-state index < -0.39 is 0 Å². The van der Waals surface area contributed by atoms with Crippen LogP contribution in [0.15, 0.2) is 47.8 Å². The monoisotopic (exact) mass is 274 g/mol. The minimum Gasteiger partial charge on any atom is -0.409 e. The van der Waals surface area contributed by atoms with E-state index in [0.29, 0.717) is 12.2 Å². The summed E-state index contributed by atoms with van der Waals surface area (Å²) in [6, 6.07) is 9.85. The third-order valence-corrected chi connectivity index (χ3v) is 2.88. The van der Waals surface area contributed by atoms with Crippen LogP contribution in [0.1, 0.15) is 11.3 Å². The molecule has 0 aliphatic heterocycles. The SMILES string of the molecule is CN(Cc1ccc(F)cc1)c1cccnc1/C(N)=N/O. The molecule has 0 bridgehead atoms. The summed E-state index contributed by atoms with van der Waals surface area (Å²) in [6.45, 7) is 0.553. The second-order valence-electron chi connectivity index (χ2n) is 4.34. The third kappa shape index (κ3) is 3.03. The van der Waals surface area contributed by atoms with Crippen LogP contribution < -0.4 is 10.6 Å². The van der Waals surface area contributed by atoms with E-state index in [1.54, 1.807) is 24.4 Å². The second kappa shape index (κ2) is 6.01. The Morgan fingerprint density at radius 3 is 2.70 bits per heavy atom. The zero-order chi connectivity index (χ0) is 14.5. The summed E-state index contributed by atoms with van der Waals surface area (Å²) in [4.78, 5) is 6.01. The lowest BCUT2D eigenvalue weighted by Gasteiger charge is -2.21. The normalized spacial score (nSPS) is 11.4. The molecule has 1 heterocycles. The number of benzene rings is 1. The fourth-order valence-corrected chi connectivity index (χ4v) is 1.90. The Kier molecular flexibility index (Phi) is 4.14. The van der Waals surface area contributed by atoms with Crippen LogP contribution in [0.4, 0.5) is 10.1 Å². The maximum Gasteiger partial charge on any atom is 0.190 e. The lowest BCUT2D eigenvalue weighted by molar-refractivity contribution is 0.318. The van der Waals surface area contributed by atoms with Crippen LogP contribution in [0.5, 0.6) is 0 Å². The van der Waals surface area contributed by atoms with Crippen LogP contribution in [0.25, 0.3) is 0 Å². The minimum atomic E-state index is -0.268.